The minimum atomic E-state index is -0.594. The van der Waals surface area contributed by atoms with Crippen LogP contribution in [0.3, 0.4) is 0 Å². The lowest BCUT2D eigenvalue weighted by atomic mass is 9.74. The fourth-order valence-electron chi connectivity index (χ4n) is 2.32. The van der Waals surface area contributed by atoms with E-state index in [1.807, 2.05) is 74.5 Å². The molecule has 0 heterocycles. The molecule has 0 fully saturated rings. The van der Waals surface area contributed by atoms with Gasteiger partial charge in [0.15, 0.2) is 0 Å². The zero-order chi connectivity index (χ0) is 13.9. The Kier molecular flexibility index (Phi) is 4.03. The van der Waals surface area contributed by atoms with Gasteiger partial charge in [0, 0.05) is 11.5 Å². The molecule has 2 aromatic carbocycles. The molecule has 0 aliphatic rings. The summed E-state index contributed by atoms with van der Waals surface area (Å²) in [5.41, 5.74) is 7.85. The summed E-state index contributed by atoms with van der Waals surface area (Å²) in [5, 5.41) is 10.6. The highest BCUT2D eigenvalue weighted by Crippen LogP contribution is 2.42. The van der Waals surface area contributed by atoms with Crippen LogP contribution >= 0.6 is 0 Å². The Labute approximate surface area is 114 Å². The largest absolute Gasteiger partial charge is 0.388 e. The number of hydrogen-bond acceptors (Lipinski definition) is 2. The van der Waals surface area contributed by atoms with E-state index >= 15 is 0 Å². The van der Waals surface area contributed by atoms with Gasteiger partial charge in [0.25, 0.3) is 0 Å². The molecular formula is C17H21NO. The van der Waals surface area contributed by atoms with E-state index in [0.29, 0.717) is 0 Å². The highest BCUT2D eigenvalue weighted by Gasteiger charge is 2.35. The Morgan fingerprint density at radius 3 is 1.74 bits per heavy atom. The van der Waals surface area contributed by atoms with Crippen LogP contribution in [0.5, 0.6) is 0 Å². The molecule has 0 radical (unpaired) electrons. The standard InChI is InChI=1S/C17H21NO/c1-17(2,15(18)13-9-5-3-6-10-13)16(19)14-11-7-4-8-12-14/h3-12,15-16,19H,18H2,1-2H3/t15-,16-/m1/s1. The zero-order valence-corrected chi connectivity index (χ0v) is 11.5. The third kappa shape index (κ3) is 2.86. The van der Waals surface area contributed by atoms with Gasteiger partial charge in [0.1, 0.15) is 0 Å². The molecule has 0 aromatic heterocycles. The molecular weight excluding hydrogens is 234 g/mol. The fraction of sp³-hybridized carbons (Fsp3) is 0.294. The lowest BCUT2D eigenvalue weighted by molar-refractivity contribution is 0.0297. The number of aliphatic hydroxyl groups excluding tert-OH is 1. The van der Waals surface area contributed by atoms with Crippen LogP contribution in [0, 0.1) is 5.41 Å². The topological polar surface area (TPSA) is 46.2 Å². The highest BCUT2D eigenvalue weighted by atomic mass is 16.3. The van der Waals surface area contributed by atoms with Gasteiger partial charge in [-0.2, -0.15) is 0 Å². The van der Waals surface area contributed by atoms with Crippen molar-refractivity contribution in [2.24, 2.45) is 11.1 Å². The quantitative estimate of drug-likeness (QED) is 0.879. The normalized spacial score (nSPS) is 14.9. The van der Waals surface area contributed by atoms with Gasteiger partial charge in [-0.25, -0.2) is 0 Å². The van der Waals surface area contributed by atoms with Crippen LogP contribution in [0.25, 0.3) is 0 Å². The average Bonchev–Trinajstić information content (AvgIpc) is 2.47. The molecule has 3 N–H and O–H groups in total. The number of nitrogens with two attached hydrogens (primary N) is 1. The number of benzene rings is 2. The van der Waals surface area contributed by atoms with E-state index in [9.17, 15) is 5.11 Å². The molecule has 2 rings (SSSR count). The van der Waals surface area contributed by atoms with E-state index in [-0.39, 0.29) is 6.04 Å². The van der Waals surface area contributed by atoms with Crippen LogP contribution in [0.2, 0.25) is 0 Å². The molecule has 2 nitrogen and oxygen atoms in total. The van der Waals surface area contributed by atoms with Crippen LogP contribution in [0.15, 0.2) is 60.7 Å². The monoisotopic (exact) mass is 255 g/mol. The first-order chi connectivity index (χ1) is 9.03. The molecule has 0 bridgehead atoms. The van der Waals surface area contributed by atoms with Gasteiger partial charge in [0.2, 0.25) is 0 Å². The van der Waals surface area contributed by atoms with Crippen LogP contribution in [0.4, 0.5) is 0 Å². The van der Waals surface area contributed by atoms with Crippen LogP contribution in [0.1, 0.15) is 37.1 Å². The van der Waals surface area contributed by atoms with Crippen molar-refractivity contribution in [2.75, 3.05) is 0 Å². The Morgan fingerprint density at radius 2 is 1.26 bits per heavy atom. The Hall–Kier alpha value is -1.64. The lowest BCUT2D eigenvalue weighted by Gasteiger charge is -2.36. The molecule has 0 unspecified atom stereocenters. The molecule has 0 aliphatic carbocycles. The molecule has 0 spiro atoms. The van der Waals surface area contributed by atoms with E-state index in [2.05, 4.69) is 0 Å². The summed E-state index contributed by atoms with van der Waals surface area (Å²) in [6, 6.07) is 19.4. The van der Waals surface area contributed by atoms with Gasteiger partial charge in [-0.1, -0.05) is 74.5 Å². The molecule has 2 heteroatoms. The molecule has 19 heavy (non-hydrogen) atoms. The summed E-state index contributed by atoms with van der Waals surface area (Å²) < 4.78 is 0. The average molecular weight is 255 g/mol. The van der Waals surface area contributed by atoms with Crippen LogP contribution in [-0.4, -0.2) is 5.11 Å². The van der Waals surface area contributed by atoms with Gasteiger partial charge in [0.05, 0.1) is 6.10 Å². The summed E-state index contributed by atoms with van der Waals surface area (Å²) in [7, 11) is 0. The van der Waals surface area contributed by atoms with Crippen LogP contribution < -0.4 is 5.73 Å². The number of aliphatic hydroxyl groups is 1. The first-order valence-electron chi connectivity index (χ1n) is 6.57. The minimum absolute atomic E-state index is 0.219. The van der Waals surface area contributed by atoms with Crippen molar-refractivity contribution >= 4 is 0 Å². The summed E-state index contributed by atoms with van der Waals surface area (Å²) in [6.45, 7) is 4.00. The van der Waals surface area contributed by atoms with E-state index in [0.717, 1.165) is 11.1 Å². The molecule has 100 valence electrons. The summed E-state index contributed by atoms with van der Waals surface area (Å²) >= 11 is 0. The Bertz CT molecular complexity index is 460. The predicted octanol–water partition coefficient (Wildman–Crippen LogP) is 3.45. The van der Waals surface area contributed by atoms with Crippen molar-refractivity contribution < 1.29 is 5.11 Å². The third-order valence-corrected chi connectivity index (χ3v) is 3.78. The molecule has 0 amide bonds. The zero-order valence-electron chi connectivity index (χ0n) is 11.5. The van der Waals surface area contributed by atoms with Gasteiger partial charge >= 0.3 is 0 Å². The van der Waals surface area contributed by atoms with Crippen molar-refractivity contribution in [3.63, 3.8) is 0 Å². The predicted molar refractivity (Wildman–Crippen MR) is 78.6 cm³/mol. The second-order valence-electron chi connectivity index (χ2n) is 5.52. The molecule has 0 aliphatic heterocycles. The first-order valence-corrected chi connectivity index (χ1v) is 6.57. The number of rotatable bonds is 4. The van der Waals surface area contributed by atoms with Gasteiger partial charge in [-0.05, 0) is 11.1 Å². The second-order valence-corrected chi connectivity index (χ2v) is 5.52. The maximum absolute atomic E-state index is 10.6. The molecule has 2 aromatic rings. The Balaban J connectivity index is 2.27. The van der Waals surface area contributed by atoms with Crippen molar-refractivity contribution in [1.82, 2.24) is 0 Å². The fourth-order valence-corrected chi connectivity index (χ4v) is 2.32. The van der Waals surface area contributed by atoms with Gasteiger partial charge in [-0.15, -0.1) is 0 Å². The maximum Gasteiger partial charge on any atom is 0.0859 e. The van der Waals surface area contributed by atoms with Crippen LogP contribution in [-0.2, 0) is 0 Å². The second kappa shape index (κ2) is 5.55. The van der Waals surface area contributed by atoms with Crippen molar-refractivity contribution in [3.05, 3.63) is 71.8 Å². The number of hydrogen-bond donors (Lipinski definition) is 2. The lowest BCUT2D eigenvalue weighted by Crippen LogP contribution is -2.34. The molecule has 0 saturated heterocycles. The molecule has 2 atom stereocenters. The van der Waals surface area contributed by atoms with E-state index in [4.69, 9.17) is 5.73 Å². The van der Waals surface area contributed by atoms with Gasteiger partial charge in [-0.3, -0.25) is 0 Å². The molecule has 0 saturated carbocycles. The smallest absolute Gasteiger partial charge is 0.0859 e. The highest BCUT2D eigenvalue weighted by molar-refractivity contribution is 5.25. The van der Waals surface area contributed by atoms with E-state index < -0.39 is 11.5 Å². The SMILES string of the molecule is CC(C)([C@H](N)c1ccccc1)[C@H](O)c1ccccc1. The maximum atomic E-state index is 10.6. The summed E-state index contributed by atoms with van der Waals surface area (Å²) in [4.78, 5) is 0. The summed E-state index contributed by atoms with van der Waals surface area (Å²) in [5.74, 6) is 0. The van der Waals surface area contributed by atoms with Crippen molar-refractivity contribution in [3.8, 4) is 0 Å². The summed E-state index contributed by atoms with van der Waals surface area (Å²) in [6.07, 6.45) is -0.594. The van der Waals surface area contributed by atoms with Crippen molar-refractivity contribution in [2.45, 2.75) is 26.0 Å². The van der Waals surface area contributed by atoms with Crippen molar-refractivity contribution in [1.29, 1.82) is 0 Å². The third-order valence-electron chi connectivity index (χ3n) is 3.78. The van der Waals surface area contributed by atoms with E-state index in [1.54, 1.807) is 0 Å². The van der Waals surface area contributed by atoms with E-state index in [1.165, 1.54) is 0 Å². The van der Waals surface area contributed by atoms with Gasteiger partial charge < -0.3 is 10.8 Å². The Morgan fingerprint density at radius 1 is 0.842 bits per heavy atom. The minimum Gasteiger partial charge on any atom is -0.388 e. The first kappa shape index (κ1) is 13.8.